The SMILES string of the molecule is C=CC(=O)N1CCCC(n2nc(-c3ccc(OCc4ccc(F)c(F)c4)c(Cl)c3)c3c(N)ncnc32)C1. The molecule has 0 saturated carbocycles. The van der Waals surface area contributed by atoms with Crippen molar-refractivity contribution in [2.75, 3.05) is 18.8 Å². The number of nitrogens with two attached hydrogens (primary N) is 1. The number of nitrogen functional groups attached to an aromatic ring is 1. The zero-order chi connectivity index (χ0) is 26.1. The number of hydrogen-bond acceptors (Lipinski definition) is 6. The summed E-state index contributed by atoms with van der Waals surface area (Å²) in [4.78, 5) is 22.5. The summed E-state index contributed by atoms with van der Waals surface area (Å²) in [6.07, 6.45) is 4.33. The number of ether oxygens (including phenoxy) is 1. The van der Waals surface area contributed by atoms with E-state index >= 15 is 0 Å². The molecular weight excluding hydrogens is 502 g/mol. The first kappa shape index (κ1) is 24.6. The first-order valence-corrected chi connectivity index (χ1v) is 12.0. The number of benzene rings is 2. The predicted molar refractivity (Wildman–Crippen MR) is 136 cm³/mol. The quantitative estimate of drug-likeness (QED) is 0.359. The third-order valence-electron chi connectivity index (χ3n) is 6.33. The second-order valence-corrected chi connectivity index (χ2v) is 9.12. The van der Waals surface area contributed by atoms with Crippen LogP contribution in [0.2, 0.25) is 5.02 Å². The second kappa shape index (κ2) is 10.1. The topological polar surface area (TPSA) is 99.2 Å². The van der Waals surface area contributed by atoms with Gasteiger partial charge in [0.15, 0.2) is 17.3 Å². The molecule has 3 heterocycles. The number of anilines is 1. The molecule has 5 rings (SSSR count). The fourth-order valence-electron chi connectivity index (χ4n) is 4.49. The van der Waals surface area contributed by atoms with Gasteiger partial charge in [0.05, 0.1) is 16.5 Å². The lowest BCUT2D eigenvalue weighted by Crippen LogP contribution is -2.40. The molecule has 37 heavy (non-hydrogen) atoms. The number of aromatic nitrogens is 4. The molecule has 1 saturated heterocycles. The van der Waals surface area contributed by atoms with E-state index in [1.165, 1.54) is 18.5 Å². The van der Waals surface area contributed by atoms with E-state index in [2.05, 4.69) is 16.5 Å². The van der Waals surface area contributed by atoms with E-state index in [4.69, 9.17) is 27.2 Å². The van der Waals surface area contributed by atoms with Crippen molar-refractivity contribution >= 4 is 34.4 Å². The standard InChI is InChI=1S/C26H23ClF2N6O2/c1-2-22(36)34-9-3-4-17(12-34)35-26-23(25(30)31-14-32-26)24(33-35)16-6-8-21(18(27)11-16)37-13-15-5-7-19(28)20(29)10-15/h2,5-8,10-11,14,17H,1,3-4,9,12-13H2,(H2,30,31,32). The van der Waals surface area contributed by atoms with Crippen molar-refractivity contribution in [3.63, 3.8) is 0 Å². The van der Waals surface area contributed by atoms with Gasteiger partial charge >= 0.3 is 0 Å². The van der Waals surface area contributed by atoms with Gasteiger partial charge in [-0.25, -0.2) is 23.4 Å². The highest BCUT2D eigenvalue weighted by Crippen LogP contribution is 2.37. The van der Waals surface area contributed by atoms with Crippen LogP contribution in [0.1, 0.15) is 24.4 Å². The molecule has 0 radical (unpaired) electrons. The van der Waals surface area contributed by atoms with Crippen LogP contribution >= 0.6 is 11.6 Å². The second-order valence-electron chi connectivity index (χ2n) is 8.72. The summed E-state index contributed by atoms with van der Waals surface area (Å²) >= 11 is 6.51. The van der Waals surface area contributed by atoms with Crippen LogP contribution in [0.25, 0.3) is 22.3 Å². The Kier molecular flexibility index (Phi) is 6.75. The van der Waals surface area contributed by atoms with E-state index in [-0.39, 0.29) is 24.4 Å². The van der Waals surface area contributed by atoms with E-state index in [1.807, 2.05) is 0 Å². The maximum atomic E-state index is 13.5. The van der Waals surface area contributed by atoms with Gasteiger partial charge in [-0.15, -0.1) is 0 Å². The van der Waals surface area contributed by atoms with Crippen molar-refractivity contribution in [1.82, 2.24) is 24.6 Å². The number of amides is 1. The van der Waals surface area contributed by atoms with Crippen LogP contribution in [0.15, 0.2) is 55.4 Å². The summed E-state index contributed by atoms with van der Waals surface area (Å²) in [5.41, 5.74) is 8.49. The van der Waals surface area contributed by atoms with Gasteiger partial charge in [0.2, 0.25) is 5.91 Å². The lowest BCUT2D eigenvalue weighted by atomic mass is 10.1. The van der Waals surface area contributed by atoms with Crippen LogP contribution in [0.3, 0.4) is 0 Å². The van der Waals surface area contributed by atoms with Crippen LogP contribution in [0.4, 0.5) is 14.6 Å². The minimum absolute atomic E-state index is 0.0101. The van der Waals surface area contributed by atoms with Gasteiger partial charge in [0.1, 0.15) is 30.2 Å². The maximum absolute atomic E-state index is 13.5. The summed E-state index contributed by atoms with van der Waals surface area (Å²) < 4.78 is 34.2. The molecular formula is C26H23ClF2N6O2. The Labute approximate surface area is 216 Å². The summed E-state index contributed by atoms with van der Waals surface area (Å²) in [6.45, 7) is 4.73. The minimum atomic E-state index is -0.945. The fourth-order valence-corrected chi connectivity index (χ4v) is 4.73. The van der Waals surface area contributed by atoms with Gasteiger partial charge in [0, 0.05) is 18.7 Å². The number of rotatable bonds is 6. The van der Waals surface area contributed by atoms with Crippen molar-refractivity contribution in [2.24, 2.45) is 0 Å². The molecule has 4 aromatic rings. The van der Waals surface area contributed by atoms with Crippen LogP contribution in [0, 0.1) is 11.6 Å². The number of nitrogens with zero attached hydrogens (tertiary/aromatic N) is 5. The number of hydrogen-bond donors (Lipinski definition) is 1. The van der Waals surface area contributed by atoms with E-state index in [0.717, 1.165) is 25.0 Å². The van der Waals surface area contributed by atoms with Crippen molar-refractivity contribution in [3.8, 4) is 17.0 Å². The number of halogens is 3. The lowest BCUT2D eigenvalue weighted by Gasteiger charge is -2.32. The fraction of sp³-hybridized carbons (Fsp3) is 0.231. The first-order valence-electron chi connectivity index (χ1n) is 11.6. The van der Waals surface area contributed by atoms with Crippen molar-refractivity contribution in [1.29, 1.82) is 0 Å². The zero-order valence-electron chi connectivity index (χ0n) is 19.7. The third kappa shape index (κ3) is 4.84. The van der Waals surface area contributed by atoms with Crippen molar-refractivity contribution < 1.29 is 18.3 Å². The summed E-state index contributed by atoms with van der Waals surface area (Å²) in [5.74, 6) is -1.35. The molecule has 2 aromatic carbocycles. The number of carbonyl (C=O) groups excluding carboxylic acids is 1. The molecule has 190 valence electrons. The minimum Gasteiger partial charge on any atom is -0.487 e. The molecule has 0 aliphatic carbocycles. The van der Waals surface area contributed by atoms with Gasteiger partial charge in [0.25, 0.3) is 0 Å². The van der Waals surface area contributed by atoms with E-state index in [0.29, 0.717) is 51.7 Å². The van der Waals surface area contributed by atoms with Crippen LogP contribution < -0.4 is 10.5 Å². The molecule has 0 spiro atoms. The average Bonchev–Trinajstić information content (AvgIpc) is 3.30. The molecule has 0 bridgehead atoms. The zero-order valence-corrected chi connectivity index (χ0v) is 20.5. The van der Waals surface area contributed by atoms with Gasteiger partial charge in [-0.3, -0.25) is 4.79 Å². The molecule has 2 N–H and O–H groups in total. The highest BCUT2D eigenvalue weighted by molar-refractivity contribution is 6.32. The molecule has 8 nitrogen and oxygen atoms in total. The van der Waals surface area contributed by atoms with Crippen LogP contribution in [-0.2, 0) is 11.4 Å². The average molecular weight is 525 g/mol. The van der Waals surface area contributed by atoms with Gasteiger partial charge in [-0.05, 0) is 54.8 Å². The first-order chi connectivity index (χ1) is 17.9. The highest BCUT2D eigenvalue weighted by Gasteiger charge is 2.28. The Balaban J connectivity index is 1.46. The number of likely N-dealkylation sites (tertiary alicyclic amines) is 1. The third-order valence-corrected chi connectivity index (χ3v) is 6.63. The summed E-state index contributed by atoms with van der Waals surface area (Å²) in [7, 11) is 0. The highest BCUT2D eigenvalue weighted by atomic mass is 35.5. The largest absolute Gasteiger partial charge is 0.487 e. The molecule has 11 heteroatoms. The normalized spacial score (nSPS) is 15.6. The Bertz CT molecular complexity index is 1510. The van der Waals surface area contributed by atoms with Crippen molar-refractivity contribution in [3.05, 3.63) is 77.6 Å². The van der Waals surface area contributed by atoms with Gasteiger partial charge in [-0.1, -0.05) is 24.2 Å². The molecule has 1 unspecified atom stereocenters. The monoisotopic (exact) mass is 524 g/mol. The van der Waals surface area contributed by atoms with E-state index in [9.17, 15) is 13.6 Å². The van der Waals surface area contributed by atoms with Crippen LogP contribution in [0.5, 0.6) is 5.75 Å². The van der Waals surface area contributed by atoms with Gasteiger partial charge < -0.3 is 15.4 Å². The number of carbonyl (C=O) groups is 1. The number of piperidine rings is 1. The number of fused-ring (bicyclic) bond motifs is 1. The molecule has 1 fully saturated rings. The van der Waals surface area contributed by atoms with Crippen molar-refractivity contribution in [2.45, 2.75) is 25.5 Å². The molecule has 1 aliphatic rings. The molecule has 1 aliphatic heterocycles. The Morgan fingerprint density at radius 3 is 2.81 bits per heavy atom. The Morgan fingerprint density at radius 1 is 1.22 bits per heavy atom. The van der Waals surface area contributed by atoms with Crippen LogP contribution in [-0.4, -0.2) is 43.6 Å². The lowest BCUT2D eigenvalue weighted by molar-refractivity contribution is -0.127. The summed E-state index contributed by atoms with van der Waals surface area (Å²) in [6, 6.07) is 8.61. The summed E-state index contributed by atoms with van der Waals surface area (Å²) in [5, 5.41) is 5.73. The molecule has 1 atom stereocenters. The maximum Gasteiger partial charge on any atom is 0.246 e. The van der Waals surface area contributed by atoms with Gasteiger partial charge in [-0.2, -0.15) is 5.10 Å². The predicted octanol–water partition coefficient (Wildman–Crippen LogP) is 4.94. The molecule has 1 amide bonds. The Morgan fingerprint density at radius 2 is 2.05 bits per heavy atom. The molecule has 2 aromatic heterocycles. The Hall–Kier alpha value is -4.05. The smallest absolute Gasteiger partial charge is 0.246 e. The van der Waals surface area contributed by atoms with E-state index in [1.54, 1.807) is 27.8 Å². The van der Waals surface area contributed by atoms with E-state index < -0.39 is 11.6 Å².